The van der Waals surface area contributed by atoms with Crippen LogP contribution in [0.3, 0.4) is 0 Å². The summed E-state index contributed by atoms with van der Waals surface area (Å²) < 4.78 is 5.32. The number of hydrogen-bond acceptors (Lipinski definition) is 4. The lowest BCUT2D eigenvalue weighted by Gasteiger charge is -2.11. The molecule has 0 amide bonds. The van der Waals surface area contributed by atoms with Crippen molar-refractivity contribution >= 4 is 6.21 Å². The van der Waals surface area contributed by atoms with E-state index in [1.165, 1.54) is 0 Å². The minimum Gasteiger partial charge on any atom is -0.496 e. The van der Waals surface area contributed by atoms with Gasteiger partial charge in [0.05, 0.1) is 25.0 Å². The van der Waals surface area contributed by atoms with Crippen LogP contribution in [0.25, 0.3) is 0 Å². The number of methoxy groups -OCH3 is 1. The van der Waals surface area contributed by atoms with Crippen molar-refractivity contribution in [2.45, 2.75) is 13.0 Å². The number of rotatable bonds is 4. The highest BCUT2D eigenvalue weighted by molar-refractivity contribution is 5.76. The van der Waals surface area contributed by atoms with Gasteiger partial charge in [-0.1, -0.05) is 18.2 Å². The first-order valence-corrected chi connectivity index (χ1v) is 5.73. The highest BCUT2D eigenvalue weighted by Crippen LogP contribution is 2.26. The highest BCUT2D eigenvalue weighted by Gasteiger charge is 2.08. The van der Waals surface area contributed by atoms with Crippen LogP contribution in [0.5, 0.6) is 5.75 Å². The predicted octanol–water partition coefficient (Wildman–Crippen LogP) is 2.67. The van der Waals surface area contributed by atoms with E-state index in [1.807, 2.05) is 31.2 Å². The second kappa shape index (κ2) is 5.91. The molecule has 4 heteroatoms. The molecule has 18 heavy (non-hydrogen) atoms. The molecule has 0 spiro atoms. The molecule has 92 valence electrons. The molecule has 0 bridgehead atoms. The Labute approximate surface area is 106 Å². The van der Waals surface area contributed by atoms with Crippen LogP contribution in [-0.4, -0.2) is 23.3 Å². The summed E-state index contributed by atoms with van der Waals surface area (Å²) in [4.78, 5) is 12.6. The van der Waals surface area contributed by atoms with Gasteiger partial charge >= 0.3 is 0 Å². The summed E-state index contributed by atoms with van der Waals surface area (Å²) in [5.41, 5.74) is 1.80. The average Bonchev–Trinajstić information content (AvgIpc) is 2.45. The lowest BCUT2D eigenvalue weighted by atomic mass is 10.1. The van der Waals surface area contributed by atoms with Gasteiger partial charge in [0.15, 0.2) is 0 Å². The van der Waals surface area contributed by atoms with E-state index < -0.39 is 0 Å². The average molecular weight is 241 g/mol. The molecule has 0 fully saturated rings. The fourth-order valence-electron chi connectivity index (χ4n) is 1.66. The third-order valence-corrected chi connectivity index (χ3v) is 2.60. The lowest BCUT2D eigenvalue weighted by Crippen LogP contribution is -1.96. The summed E-state index contributed by atoms with van der Waals surface area (Å²) in [6.45, 7) is 2.02. The van der Waals surface area contributed by atoms with Crippen molar-refractivity contribution in [2.75, 3.05) is 7.11 Å². The molecule has 0 saturated heterocycles. The summed E-state index contributed by atoms with van der Waals surface area (Å²) in [7, 11) is 1.66. The first kappa shape index (κ1) is 12.2. The number of aliphatic imine (C=N–C) groups is 1. The van der Waals surface area contributed by atoms with Crippen LogP contribution in [0.2, 0.25) is 0 Å². The number of hydrogen-bond donors (Lipinski definition) is 0. The maximum absolute atomic E-state index is 5.32. The smallest absolute Gasteiger partial charge is 0.124 e. The van der Waals surface area contributed by atoms with E-state index >= 15 is 0 Å². The standard InChI is InChI=1S/C14H15N3O/c1-11(13-5-3-4-6-14(13)18-2)17-10-12-9-15-7-8-16-12/h3-11H,1-2H3/b17-10+. The van der Waals surface area contributed by atoms with Gasteiger partial charge < -0.3 is 4.74 Å². The van der Waals surface area contributed by atoms with Crippen LogP contribution >= 0.6 is 0 Å². The van der Waals surface area contributed by atoms with E-state index in [1.54, 1.807) is 31.9 Å². The zero-order valence-electron chi connectivity index (χ0n) is 10.4. The minimum absolute atomic E-state index is 0.0168. The summed E-state index contributed by atoms with van der Waals surface area (Å²) in [5, 5.41) is 0. The molecule has 0 aliphatic carbocycles. The highest BCUT2D eigenvalue weighted by atomic mass is 16.5. The minimum atomic E-state index is 0.0168. The van der Waals surface area contributed by atoms with Gasteiger partial charge in [-0.05, 0) is 13.0 Å². The van der Waals surface area contributed by atoms with Crippen molar-refractivity contribution in [3.05, 3.63) is 54.1 Å². The van der Waals surface area contributed by atoms with Crippen LogP contribution < -0.4 is 4.74 Å². The molecule has 0 aliphatic rings. The Balaban J connectivity index is 2.17. The molecule has 2 aromatic rings. The Hall–Kier alpha value is -2.23. The molecule has 0 radical (unpaired) electrons. The van der Waals surface area contributed by atoms with Crippen LogP contribution in [0, 0.1) is 0 Å². The zero-order valence-corrected chi connectivity index (χ0v) is 10.4. The van der Waals surface area contributed by atoms with E-state index in [2.05, 4.69) is 15.0 Å². The Morgan fingerprint density at radius 3 is 2.83 bits per heavy atom. The van der Waals surface area contributed by atoms with E-state index in [-0.39, 0.29) is 6.04 Å². The molecule has 0 saturated carbocycles. The quantitative estimate of drug-likeness (QED) is 0.773. The van der Waals surface area contributed by atoms with E-state index in [9.17, 15) is 0 Å². The second-order valence-electron chi connectivity index (χ2n) is 3.83. The zero-order chi connectivity index (χ0) is 12.8. The topological polar surface area (TPSA) is 47.4 Å². The third kappa shape index (κ3) is 2.91. The number of aromatic nitrogens is 2. The lowest BCUT2D eigenvalue weighted by molar-refractivity contribution is 0.407. The molecule has 0 N–H and O–H groups in total. The Morgan fingerprint density at radius 1 is 1.28 bits per heavy atom. The van der Waals surface area contributed by atoms with Gasteiger partial charge in [-0.3, -0.25) is 15.0 Å². The van der Waals surface area contributed by atoms with Crippen molar-refractivity contribution in [3.63, 3.8) is 0 Å². The van der Waals surface area contributed by atoms with Gasteiger partial charge in [-0.25, -0.2) is 0 Å². The van der Waals surface area contributed by atoms with Gasteiger partial charge in [-0.15, -0.1) is 0 Å². The molecule has 2 rings (SSSR count). The first-order valence-electron chi connectivity index (χ1n) is 5.73. The SMILES string of the molecule is COc1ccccc1C(C)/N=C/c1cnccn1. The molecular formula is C14H15N3O. The Morgan fingerprint density at radius 2 is 2.11 bits per heavy atom. The normalized spacial score (nSPS) is 12.6. The van der Waals surface area contributed by atoms with Crippen LogP contribution in [-0.2, 0) is 0 Å². The molecule has 0 aliphatic heterocycles. The summed E-state index contributed by atoms with van der Waals surface area (Å²) in [5.74, 6) is 0.848. The number of nitrogens with zero attached hydrogens (tertiary/aromatic N) is 3. The van der Waals surface area contributed by atoms with Crippen LogP contribution in [0.15, 0.2) is 47.8 Å². The Kier molecular flexibility index (Phi) is 4.02. The van der Waals surface area contributed by atoms with Crippen molar-refractivity contribution in [1.82, 2.24) is 9.97 Å². The predicted molar refractivity (Wildman–Crippen MR) is 71.0 cm³/mol. The van der Waals surface area contributed by atoms with Crippen molar-refractivity contribution in [2.24, 2.45) is 4.99 Å². The third-order valence-electron chi connectivity index (χ3n) is 2.60. The van der Waals surface area contributed by atoms with Crippen LogP contribution in [0.1, 0.15) is 24.2 Å². The summed E-state index contributed by atoms with van der Waals surface area (Å²) in [6.07, 6.45) is 6.69. The van der Waals surface area contributed by atoms with Gasteiger partial charge in [0.2, 0.25) is 0 Å². The first-order chi connectivity index (χ1) is 8.81. The van der Waals surface area contributed by atoms with Crippen molar-refractivity contribution in [1.29, 1.82) is 0 Å². The van der Waals surface area contributed by atoms with Gasteiger partial charge in [0.1, 0.15) is 5.75 Å². The van der Waals surface area contributed by atoms with E-state index in [4.69, 9.17) is 4.74 Å². The van der Waals surface area contributed by atoms with Gasteiger partial charge in [0.25, 0.3) is 0 Å². The van der Waals surface area contributed by atoms with Gasteiger partial charge in [-0.2, -0.15) is 0 Å². The number of ether oxygens (including phenoxy) is 1. The fourth-order valence-corrected chi connectivity index (χ4v) is 1.66. The molecule has 4 nitrogen and oxygen atoms in total. The molecule has 1 aromatic carbocycles. The molecule has 1 atom stereocenters. The monoisotopic (exact) mass is 241 g/mol. The van der Waals surface area contributed by atoms with Crippen molar-refractivity contribution < 1.29 is 4.74 Å². The summed E-state index contributed by atoms with van der Waals surface area (Å²) >= 11 is 0. The number of para-hydroxylation sites is 1. The largest absolute Gasteiger partial charge is 0.496 e. The van der Waals surface area contributed by atoms with Crippen molar-refractivity contribution in [3.8, 4) is 5.75 Å². The summed E-state index contributed by atoms with van der Waals surface area (Å²) in [6, 6.07) is 7.89. The fraction of sp³-hybridized carbons (Fsp3) is 0.214. The molecule has 1 aromatic heterocycles. The molecular weight excluding hydrogens is 226 g/mol. The maximum atomic E-state index is 5.32. The van der Waals surface area contributed by atoms with E-state index in [0.717, 1.165) is 17.0 Å². The Bertz CT molecular complexity index is 526. The maximum Gasteiger partial charge on any atom is 0.124 e. The van der Waals surface area contributed by atoms with Gasteiger partial charge in [0, 0.05) is 24.2 Å². The number of benzene rings is 1. The second-order valence-corrected chi connectivity index (χ2v) is 3.83. The molecule has 1 unspecified atom stereocenters. The molecule has 1 heterocycles. The van der Waals surface area contributed by atoms with Crippen LogP contribution in [0.4, 0.5) is 0 Å². The van der Waals surface area contributed by atoms with E-state index in [0.29, 0.717) is 0 Å².